The maximum atomic E-state index is 10.8. The van der Waals surface area contributed by atoms with Gasteiger partial charge < -0.3 is 15.7 Å². The zero-order chi connectivity index (χ0) is 13.2. The highest BCUT2D eigenvalue weighted by Gasteiger charge is 2.41. The molecule has 0 bridgehead atoms. The van der Waals surface area contributed by atoms with Gasteiger partial charge in [0.25, 0.3) is 5.69 Å². The van der Waals surface area contributed by atoms with Crippen LogP contribution >= 0.6 is 0 Å². The molecule has 3 N–H and O–H groups in total. The van der Waals surface area contributed by atoms with Crippen LogP contribution < -0.4 is 10.6 Å². The van der Waals surface area contributed by atoms with E-state index in [4.69, 9.17) is 0 Å². The van der Waals surface area contributed by atoms with E-state index in [-0.39, 0.29) is 17.7 Å². The average molecular weight is 251 g/mol. The van der Waals surface area contributed by atoms with Crippen molar-refractivity contribution in [3.63, 3.8) is 0 Å². The number of hydrogen-bond donors (Lipinski definition) is 3. The van der Waals surface area contributed by atoms with E-state index >= 15 is 0 Å². The lowest BCUT2D eigenvalue weighted by Crippen LogP contribution is -2.19. The van der Waals surface area contributed by atoms with Crippen LogP contribution in [0.25, 0.3) is 0 Å². The van der Waals surface area contributed by atoms with Crippen LogP contribution in [0.4, 0.5) is 17.1 Å². The maximum absolute atomic E-state index is 10.8. The highest BCUT2D eigenvalue weighted by atomic mass is 16.6. The number of aliphatic hydroxyl groups is 1. The lowest BCUT2D eigenvalue weighted by molar-refractivity contribution is -0.384. The number of aliphatic hydroxyl groups excluding tert-OH is 1. The Bertz CT molecular complexity index is 458. The minimum atomic E-state index is -0.412. The highest BCUT2D eigenvalue weighted by molar-refractivity contribution is 5.63. The molecule has 1 aliphatic carbocycles. The van der Waals surface area contributed by atoms with Gasteiger partial charge in [-0.2, -0.15) is 0 Å². The van der Waals surface area contributed by atoms with Crippen LogP contribution in [0.5, 0.6) is 0 Å². The Hall–Kier alpha value is -1.82. The molecular weight excluding hydrogens is 234 g/mol. The molecule has 0 spiro atoms. The molecule has 1 fully saturated rings. The number of rotatable bonds is 6. The molecule has 1 aliphatic rings. The highest BCUT2D eigenvalue weighted by Crippen LogP contribution is 2.45. The number of non-ortho nitro benzene ring substituents is 1. The molecule has 6 nitrogen and oxygen atoms in total. The molecule has 0 radical (unpaired) electrons. The fraction of sp³-hybridized carbons (Fsp3) is 0.500. The van der Waals surface area contributed by atoms with E-state index in [1.807, 2.05) is 6.07 Å². The fourth-order valence-electron chi connectivity index (χ4n) is 1.82. The molecule has 0 atom stereocenters. The van der Waals surface area contributed by atoms with Crippen LogP contribution in [-0.4, -0.2) is 30.2 Å². The second-order valence-electron chi connectivity index (χ2n) is 4.79. The molecule has 0 amide bonds. The summed E-state index contributed by atoms with van der Waals surface area (Å²) in [5.41, 5.74) is 1.43. The molecule has 0 aliphatic heterocycles. The molecule has 1 aromatic rings. The number of nitro benzene ring substituents is 1. The van der Waals surface area contributed by atoms with Crippen molar-refractivity contribution in [1.29, 1.82) is 0 Å². The second kappa shape index (κ2) is 4.81. The van der Waals surface area contributed by atoms with Crippen molar-refractivity contribution in [1.82, 2.24) is 0 Å². The van der Waals surface area contributed by atoms with E-state index < -0.39 is 4.92 Å². The Labute approximate surface area is 105 Å². The van der Waals surface area contributed by atoms with Crippen molar-refractivity contribution < 1.29 is 10.0 Å². The summed E-state index contributed by atoms with van der Waals surface area (Å²) in [7, 11) is 1.72. The summed E-state index contributed by atoms with van der Waals surface area (Å²) in [6.07, 6.45) is 2.01. The molecular formula is C12H17N3O3. The monoisotopic (exact) mass is 251 g/mol. The number of benzene rings is 1. The second-order valence-corrected chi connectivity index (χ2v) is 4.79. The number of nitrogens with one attached hydrogen (secondary N) is 2. The van der Waals surface area contributed by atoms with Crippen LogP contribution in [0.1, 0.15) is 12.8 Å². The van der Waals surface area contributed by atoms with Crippen LogP contribution in [0.15, 0.2) is 18.2 Å². The molecule has 0 unspecified atom stereocenters. The molecule has 6 heteroatoms. The normalized spacial score (nSPS) is 16.1. The molecule has 98 valence electrons. The summed E-state index contributed by atoms with van der Waals surface area (Å²) in [6.45, 7) is 0.807. The zero-order valence-corrected chi connectivity index (χ0v) is 10.3. The van der Waals surface area contributed by atoms with E-state index in [2.05, 4.69) is 10.6 Å². The first-order chi connectivity index (χ1) is 8.58. The van der Waals surface area contributed by atoms with Gasteiger partial charge >= 0.3 is 0 Å². The Balaban J connectivity index is 2.11. The van der Waals surface area contributed by atoms with E-state index in [9.17, 15) is 15.2 Å². The van der Waals surface area contributed by atoms with Crippen molar-refractivity contribution in [3.8, 4) is 0 Å². The summed E-state index contributed by atoms with van der Waals surface area (Å²) in [6, 6.07) is 4.82. The molecule has 2 rings (SSSR count). The van der Waals surface area contributed by atoms with Gasteiger partial charge in [-0.25, -0.2) is 0 Å². The zero-order valence-electron chi connectivity index (χ0n) is 10.3. The van der Waals surface area contributed by atoms with Crippen LogP contribution in [0.3, 0.4) is 0 Å². The first-order valence-corrected chi connectivity index (χ1v) is 5.90. The predicted octanol–water partition coefficient (Wildman–Crippen LogP) is 1.82. The van der Waals surface area contributed by atoms with E-state index in [1.54, 1.807) is 7.05 Å². The lowest BCUT2D eigenvalue weighted by atomic mass is 10.1. The summed E-state index contributed by atoms with van der Waals surface area (Å²) < 4.78 is 0. The topological polar surface area (TPSA) is 87.4 Å². The quantitative estimate of drug-likeness (QED) is 0.530. The third-order valence-corrected chi connectivity index (χ3v) is 3.38. The van der Waals surface area contributed by atoms with Crippen LogP contribution in [0, 0.1) is 15.5 Å². The van der Waals surface area contributed by atoms with Gasteiger partial charge in [0.1, 0.15) is 0 Å². The van der Waals surface area contributed by atoms with E-state index in [1.165, 1.54) is 12.1 Å². The van der Waals surface area contributed by atoms with Gasteiger partial charge in [0, 0.05) is 42.5 Å². The Kier molecular flexibility index (Phi) is 3.38. The molecule has 0 heterocycles. The minimum absolute atomic E-state index is 0.0234. The molecule has 0 saturated heterocycles. The SMILES string of the molecule is CNc1cc(NCC2(CO)CC2)cc([N+](=O)[O-])c1. The van der Waals surface area contributed by atoms with Crippen molar-refractivity contribution in [2.24, 2.45) is 5.41 Å². The maximum Gasteiger partial charge on any atom is 0.273 e. The van der Waals surface area contributed by atoms with Crippen LogP contribution in [0.2, 0.25) is 0 Å². The number of anilines is 2. The van der Waals surface area contributed by atoms with Crippen LogP contribution in [-0.2, 0) is 0 Å². The van der Waals surface area contributed by atoms with E-state index in [0.717, 1.165) is 12.8 Å². The van der Waals surface area contributed by atoms with Crippen molar-refractivity contribution in [3.05, 3.63) is 28.3 Å². The third kappa shape index (κ3) is 2.70. The van der Waals surface area contributed by atoms with Gasteiger partial charge in [-0.15, -0.1) is 0 Å². The summed E-state index contributed by atoms with van der Waals surface area (Å²) in [5.74, 6) is 0. The molecule has 1 aromatic carbocycles. The van der Waals surface area contributed by atoms with Crippen molar-refractivity contribution in [2.75, 3.05) is 30.8 Å². The Morgan fingerprint density at radius 3 is 2.56 bits per heavy atom. The summed E-state index contributed by atoms with van der Waals surface area (Å²) in [4.78, 5) is 10.4. The first-order valence-electron chi connectivity index (χ1n) is 5.90. The number of hydrogen-bond acceptors (Lipinski definition) is 5. The average Bonchev–Trinajstić information content (AvgIpc) is 3.16. The third-order valence-electron chi connectivity index (χ3n) is 3.38. The molecule has 18 heavy (non-hydrogen) atoms. The predicted molar refractivity (Wildman–Crippen MR) is 69.9 cm³/mol. The Morgan fingerprint density at radius 1 is 1.39 bits per heavy atom. The van der Waals surface area contributed by atoms with Gasteiger partial charge in [-0.1, -0.05) is 0 Å². The van der Waals surface area contributed by atoms with E-state index in [0.29, 0.717) is 17.9 Å². The van der Waals surface area contributed by atoms with Crippen molar-refractivity contribution in [2.45, 2.75) is 12.8 Å². The molecule has 0 aromatic heterocycles. The largest absolute Gasteiger partial charge is 0.396 e. The Morgan fingerprint density at radius 2 is 2.06 bits per heavy atom. The van der Waals surface area contributed by atoms with Gasteiger partial charge in [0.05, 0.1) is 11.5 Å². The lowest BCUT2D eigenvalue weighted by Gasteiger charge is -2.14. The smallest absolute Gasteiger partial charge is 0.273 e. The summed E-state index contributed by atoms with van der Waals surface area (Å²) in [5, 5.41) is 26.1. The summed E-state index contributed by atoms with van der Waals surface area (Å²) >= 11 is 0. The van der Waals surface area contributed by atoms with Gasteiger partial charge in [-0.3, -0.25) is 10.1 Å². The fourth-order valence-corrected chi connectivity index (χ4v) is 1.82. The van der Waals surface area contributed by atoms with Crippen molar-refractivity contribution >= 4 is 17.1 Å². The first kappa shape index (κ1) is 12.6. The van der Waals surface area contributed by atoms with Gasteiger partial charge in [-0.05, 0) is 18.9 Å². The standard InChI is InChI=1S/C12H17N3O3/c1-13-9-4-10(6-11(5-9)15(17)18)14-7-12(8-16)2-3-12/h4-6,13-14,16H,2-3,7-8H2,1H3. The van der Waals surface area contributed by atoms with Gasteiger partial charge in [0.15, 0.2) is 0 Å². The van der Waals surface area contributed by atoms with Gasteiger partial charge in [0.2, 0.25) is 0 Å². The molecule has 1 saturated carbocycles. The minimum Gasteiger partial charge on any atom is -0.396 e. The number of nitrogens with zero attached hydrogens (tertiary/aromatic N) is 1. The number of nitro groups is 1.